The van der Waals surface area contributed by atoms with Crippen molar-refractivity contribution < 1.29 is 13.5 Å². The minimum absolute atomic E-state index is 0.0247. The first-order valence-electron chi connectivity index (χ1n) is 7.30. The molecule has 1 aromatic heterocycles. The van der Waals surface area contributed by atoms with Crippen LogP contribution < -0.4 is 4.72 Å². The molecule has 0 spiro atoms. The van der Waals surface area contributed by atoms with Crippen molar-refractivity contribution in [2.45, 2.75) is 50.7 Å². The highest BCUT2D eigenvalue weighted by molar-refractivity contribution is 7.87. The topological polar surface area (TPSA) is 69.6 Å². The third kappa shape index (κ3) is 4.26. The molecule has 1 unspecified atom stereocenters. The molecule has 1 aliphatic carbocycles. The maximum atomic E-state index is 12.4. The largest absolute Gasteiger partial charge is 0.384 e. The molecule has 1 saturated carbocycles. The van der Waals surface area contributed by atoms with E-state index in [1.54, 1.807) is 14.0 Å². The van der Waals surface area contributed by atoms with Gasteiger partial charge in [0.1, 0.15) is 5.60 Å². The highest BCUT2D eigenvalue weighted by Gasteiger charge is 2.31. The highest BCUT2D eigenvalue weighted by atomic mass is 32.2. The van der Waals surface area contributed by atoms with Gasteiger partial charge >= 0.3 is 0 Å². The maximum absolute atomic E-state index is 12.4. The van der Waals surface area contributed by atoms with Gasteiger partial charge in [-0.2, -0.15) is 28.8 Å². The molecule has 1 aliphatic rings. The number of aliphatic hydroxyl groups is 1. The van der Waals surface area contributed by atoms with Gasteiger partial charge < -0.3 is 5.11 Å². The van der Waals surface area contributed by atoms with E-state index in [0.717, 1.165) is 31.2 Å². The predicted molar refractivity (Wildman–Crippen MR) is 85.4 cm³/mol. The first-order valence-corrected chi connectivity index (χ1v) is 9.69. The van der Waals surface area contributed by atoms with Gasteiger partial charge in [-0.15, -0.1) is 0 Å². The number of nitrogens with one attached hydrogen (secondary N) is 1. The molecule has 120 valence electrons. The summed E-state index contributed by atoms with van der Waals surface area (Å²) >= 11 is 1.48. The second-order valence-electron chi connectivity index (χ2n) is 5.92. The number of hydrogen-bond donors (Lipinski definition) is 2. The molecule has 2 N–H and O–H groups in total. The second kappa shape index (κ2) is 6.75. The lowest BCUT2D eigenvalue weighted by molar-refractivity contribution is 0.0626. The highest BCUT2D eigenvalue weighted by Crippen LogP contribution is 2.25. The molecule has 1 atom stereocenters. The third-order valence-electron chi connectivity index (χ3n) is 4.21. The van der Waals surface area contributed by atoms with Crippen molar-refractivity contribution >= 4 is 21.5 Å². The van der Waals surface area contributed by atoms with Crippen molar-refractivity contribution in [2.75, 3.05) is 13.6 Å². The Morgan fingerprint density at radius 1 is 1.43 bits per heavy atom. The van der Waals surface area contributed by atoms with Gasteiger partial charge in [-0.1, -0.05) is 19.3 Å². The molecule has 1 fully saturated rings. The Balaban J connectivity index is 1.97. The minimum Gasteiger partial charge on any atom is -0.384 e. The number of hydrogen-bond acceptors (Lipinski definition) is 4. The lowest BCUT2D eigenvalue weighted by Gasteiger charge is -2.31. The van der Waals surface area contributed by atoms with E-state index in [1.807, 2.05) is 16.8 Å². The van der Waals surface area contributed by atoms with Gasteiger partial charge in [-0.3, -0.25) is 0 Å². The SMILES string of the molecule is CN(C1CCCCC1)S(=O)(=O)NCC(C)(O)c1ccsc1. The fraction of sp³-hybridized carbons (Fsp3) is 0.714. The molecule has 7 heteroatoms. The number of rotatable bonds is 6. The summed E-state index contributed by atoms with van der Waals surface area (Å²) in [5.41, 5.74) is -0.462. The number of thiophene rings is 1. The van der Waals surface area contributed by atoms with Crippen molar-refractivity contribution in [2.24, 2.45) is 0 Å². The van der Waals surface area contributed by atoms with Gasteiger partial charge in [0.2, 0.25) is 0 Å². The van der Waals surface area contributed by atoms with Gasteiger partial charge in [-0.25, -0.2) is 0 Å². The minimum atomic E-state index is -3.56. The van der Waals surface area contributed by atoms with Gasteiger partial charge in [0, 0.05) is 19.6 Å². The van der Waals surface area contributed by atoms with Gasteiger partial charge in [-0.05, 0) is 42.2 Å². The van der Waals surface area contributed by atoms with E-state index < -0.39 is 15.8 Å². The molecule has 0 amide bonds. The molecule has 1 heterocycles. The first kappa shape index (κ1) is 16.9. The van der Waals surface area contributed by atoms with Gasteiger partial charge in [0.25, 0.3) is 10.2 Å². The quantitative estimate of drug-likeness (QED) is 0.838. The van der Waals surface area contributed by atoms with Gasteiger partial charge in [0.15, 0.2) is 0 Å². The molecule has 0 aromatic carbocycles. The second-order valence-corrected chi connectivity index (χ2v) is 8.51. The summed E-state index contributed by atoms with van der Waals surface area (Å²) in [4.78, 5) is 0. The van der Waals surface area contributed by atoms with Crippen LogP contribution in [0.5, 0.6) is 0 Å². The molecule has 0 radical (unpaired) electrons. The molecule has 0 aliphatic heterocycles. The zero-order valence-electron chi connectivity index (χ0n) is 12.6. The van der Waals surface area contributed by atoms with Crippen LogP contribution in [0, 0.1) is 0 Å². The Hall–Kier alpha value is -0.470. The summed E-state index contributed by atoms with van der Waals surface area (Å²) in [5.74, 6) is 0. The lowest BCUT2D eigenvalue weighted by atomic mass is 9.96. The van der Waals surface area contributed by atoms with Crippen LogP contribution >= 0.6 is 11.3 Å². The summed E-state index contributed by atoms with van der Waals surface area (Å²) < 4.78 is 28.7. The summed E-state index contributed by atoms with van der Waals surface area (Å²) in [7, 11) is -1.93. The Bertz CT molecular complexity index is 535. The normalized spacial score (nSPS) is 20.6. The third-order valence-corrected chi connectivity index (χ3v) is 6.46. The summed E-state index contributed by atoms with van der Waals surface area (Å²) in [6, 6.07) is 1.88. The van der Waals surface area contributed by atoms with Crippen LogP contribution in [0.1, 0.15) is 44.6 Å². The van der Waals surface area contributed by atoms with E-state index in [0.29, 0.717) is 0 Å². The predicted octanol–water partition coefficient (Wildman–Crippen LogP) is 2.05. The molecule has 5 nitrogen and oxygen atoms in total. The van der Waals surface area contributed by atoms with Crippen LogP contribution in [0.15, 0.2) is 16.8 Å². The molecule has 21 heavy (non-hydrogen) atoms. The van der Waals surface area contributed by atoms with Crippen molar-refractivity contribution in [3.05, 3.63) is 22.4 Å². The monoisotopic (exact) mass is 332 g/mol. The van der Waals surface area contributed by atoms with E-state index in [1.165, 1.54) is 22.1 Å². The fourth-order valence-corrected chi connectivity index (χ4v) is 4.70. The maximum Gasteiger partial charge on any atom is 0.279 e. The molecule has 2 rings (SSSR count). The Morgan fingerprint density at radius 2 is 2.10 bits per heavy atom. The van der Waals surface area contributed by atoms with Crippen LogP contribution in [0.2, 0.25) is 0 Å². The van der Waals surface area contributed by atoms with Crippen LogP contribution in [-0.2, 0) is 15.8 Å². The zero-order chi connectivity index (χ0) is 15.5. The zero-order valence-corrected chi connectivity index (χ0v) is 14.2. The molecule has 0 bridgehead atoms. The van der Waals surface area contributed by atoms with Crippen LogP contribution in [0.4, 0.5) is 0 Å². The van der Waals surface area contributed by atoms with Crippen molar-refractivity contribution in [3.8, 4) is 0 Å². The van der Waals surface area contributed by atoms with Gasteiger partial charge in [0.05, 0.1) is 0 Å². The van der Waals surface area contributed by atoms with E-state index in [9.17, 15) is 13.5 Å². The van der Waals surface area contributed by atoms with Crippen LogP contribution in [0.25, 0.3) is 0 Å². The standard InChI is InChI=1S/C14H24N2O3S2/c1-14(17,12-8-9-20-10-12)11-15-21(18,19)16(2)13-6-4-3-5-7-13/h8-10,13,15,17H,3-7,11H2,1-2H3. The van der Waals surface area contributed by atoms with E-state index in [4.69, 9.17) is 0 Å². The van der Waals surface area contributed by atoms with Crippen LogP contribution in [0.3, 0.4) is 0 Å². The first-order chi connectivity index (χ1) is 9.83. The van der Waals surface area contributed by atoms with E-state index in [2.05, 4.69) is 4.72 Å². The van der Waals surface area contributed by atoms with Crippen molar-refractivity contribution in [3.63, 3.8) is 0 Å². The Labute approximate surface area is 131 Å². The summed E-state index contributed by atoms with van der Waals surface area (Å²) in [6.07, 6.45) is 5.18. The molecular formula is C14H24N2O3S2. The molecular weight excluding hydrogens is 308 g/mol. The Kier molecular flexibility index (Phi) is 5.43. The summed E-state index contributed by atoms with van der Waals surface area (Å²) in [5, 5.41) is 14.1. The number of nitrogens with zero attached hydrogens (tertiary/aromatic N) is 1. The average molecular weight is 332 g/mol. The Morgan fingerprint density at radius 3 is 2.67 bits per heavy atom. The smallest absolute Gasteiger partial charge is 0.279 e. The van der Waals surface area contributed by atoms with Crippen LogP contribution in [-0.4, -0.2) is 37.5 Å². The van der Waals surface area contributed by atoms with E-state index >= 15 is 0 Å². The fourth-order valence-electron chi connectivity index (χ4n) is 2.65. The summed E-state index contributed by atoms with van der Waals surface area (Å²) in [6.45, 7) is 1.60. The molecule has 0 saturated heterocycles. The van der Waals surface area contributed by atoms with E-state index in [-0.39, 0.29) is 12.6 Å². The van der Waals surface area contributed by atoms with Crippen molar-refractivity contribution in [1.29, 1.82) is 0 Å². The lowest BCUT2D eigenvalue weighted by Crippen LogP contribution is -2.48. The molecule has 1 aromatic rings. The van der Waals surface area contributed by atoms with Crippen molar-refractivity contribution in [1.82, 2.24) is 9.03 Å². The average Bonchev–Trinajstić information content (AvgIpc) is 3.01.